The van der Waals surface area contributed by atoms with Crippen molar-refractivity contribution in [3.05, 3.63) is 35.4 Å². The topological polar surface area (TPSA) is 56.7 Å². The third-order valence-electron chi connectivity index (χ3n) is 4.59. The van der Waals surface area contributed by atoms with Crippen LogP contribution >= 0.6 is 35.7 Å². The van der Waals surface area contributed by atoms with Crippen LogP contribution in [0.4, 0.5) is 0 Å². The molecular formula is C20H33IN4OS. The first-order valence-electron chi connectivity index (χ1n) is 9.34. The lowest BCUT2D eigenvalue weighted by molar-refractivity contribution is 0.0939. The molecule has 1 heterocycles. The van der Waals surface area contributed by atoms with Crippen LogP contribution in [-0.2, 0) is 6.54 Å². The molecule has 0 radical (unpaired) electrons. The number of thioether (sulfide) groups is 1. The van der Waals surface area contributed by atoms with Crippen LogP contribution in [0.1, 0.15) is 50.0 Å². The number of hydrogen-bond acceptors (Lipinski definition) is 3. The van der Waals surface area contributed by atoms with E-state index < -0.39 is 0 Å². The quantitative estimate of drug-likeness (QED) is 0.365. The number of carbonyl (C=O) groups excluding carboxylic acids is 1. The van der Waals surface area contributed by atoms with Crippen LogP contribution in [0.2, 0.25) is 0 Å². The highest BCUT2D eigenvalue weighted by Gasteiger charge is 2.28. The van der Waals surface area contributed by atoms with Crippen LogP contribution in [0.3, 0.4) is 0 Å². The van der Waals surface area contributed by atoms with Crippen LogP contribution in [0, 0.1) is 0 Å². The Hall–Kier alpha value is -0.960. The Kier molecular flexibility index (Phi) is 9.94. The molecule has 1 saturated heterocycles. The second-order valence-corrected chi connectivity index (χ2v) is 9.21. The van der Waals surface area contributed by atoms with Crippen molar-refractivity contribution in [3.8, 4) is 0 Å². The van der Waals surface area contributed by atoms with E-state index in [1.165, 1.54) is 0 Å². The molecule has 0 aliphatic carbocycles. The molecule has 1 atom stereocenters. The highest BCUT2D eigenvalue weighted by molar-refractivity contribution is 14.0. The average molecular weight is 504 g/mol. The lowest BCUT2D eigenvalue weighted by atomic mass is 10.1. The highest BCUT2D eigenvalue weighted by Crippen LogP contribution is 2.29. The van der Waals surface area contributed by atoms with Crippen molar-refractivity contribution < 1.29 is 4.79 Å². The van der Waals surface area contributed by atoms with Crippen LogP contribution in [-0.4, -0.2) is 53.4 Å². The van der Waals surface area contributed by atoms with Crippen molar-refractivity contribution in [1.29, 1.82) is 0 Å². The summed E-state index contributed by atoms with van der Waals surface area (Å²) in [6, 6.07) is 7.97. The van der Waals surface area contributed by atoms with Crippen LogP contribution in [0.15, 0.2) is 29.3 Å². The molecule has 1 aliphatic heterocycles. The van der Waals surface area contributed by atoms with E-state index in [0.717, 1.165) is 36.8 Å². The molecule has 2 rings (SSSR count). The van der Waals surface area contributed by atoms with Gasteiger partial charge in [0.05, 0.1) is 0 Å². The molecule has 1 aromatic rings. The van der Waals surface area contributed by atoms with Gasteiger partial charge in [-0.15, -0.1) is 24.0 Å². The Bertz CT molecular complexity index is 633. The molecule has 1 unspecified atom stereocenters. The molecule has 7 heteroatoms. The molecular weight excluding hydrogens is 471 g/mol. The zero-order valence-corrected chi connectivity index (χ0v) is 20.2. The third-order valence-corrected chi connectivity index (χ3v) is 5.89. The number of guanidine groups is 1. The van der Waals surface area contributed by atoms with Crippen LogP contribution in [0.25, 0.3) is 0 Å². The van der Waals surface area contributed by atoms with E-state index in [9.17, 15) is 4.79 Å². The molecule has 5 nitrogen and oxygen atoms in total. The molecule has 1 amide bonds. The number of amides is 1. The summed E-state index contributed by atoms with van der Waals surface area (Å²) in [6.45, 7) is 11.3. The van der Waals surface area contributed by atoms with Gasteiger partial charge in [0.2, 0.25) is 0 Å². The fourth-order valence-electron chi connectivity index (χ4n) is 2.89. The van der Waals surface area contributed by atoms with E-state index in [4.69, 9.17) is 0 Å². The maximum absolute atomic E-state index is 12.2. The molecule has 0 spiro atoms. The SMILES string of the molecule is CCC(C)NC(=O)c1ccc(CNC(=NC)N2CCSC(C)(C)C2)cc1.I. The number of aliphatic imine (C=N–C) groups is 1. The summed E-state index contributed by atoms with van der Waals surface area (Å²) in [5.74, 6) is 2.05. The average Bonchev–Trinajstić information content (AvgIpc) is 2.61. The van der Waals surface area contributed by atoms with Crippen molar-refractivity contribution in [1.82, 2.24) is 15.5 Å². The van der Waals surface area contributed by atoms with Gasteiger partial charge in [-0.25, -0.2) is 0 Å². The summed E-state index contributed by atoms with van der Waals surface area (Å²) in [6.07, 6.45) is 0.929. The fraction of sp³-hybridized carbons (Fsp3) is 0.600. The first-order chi connectivity index (χ1) is 12.3. The molecule has 1 aromatic carbocycles. The predicted molar refractivity (Wildman–Crippen MR) is 127 cm³/mol. The minimum absolute atomic E-state index is 0. The monoisotopic (exact) mass is 504 g/mol. The van der Waals surface area contributed by atoms with Gasteiger partial charge in [0.25, 0.3) is 5.91 Å². The molecule has 0 saturated carbocycles. The summed E-state index contributed by atoms with van der Waals surface area (Å²) >= 11 is 2.01. The van der Waals surface area contributed by atoms with E-state index in [0.29, 0.717) is 12.1 Å². The zero-order chi connectivity index (χ0) is 19.2. The second kappa shape index (κ2) is 11.1. The number of benzene rings is 1. The van der Waals surface area contributed by atoms with E-state index in [-0.39, 0.29) is 40.7 Å². The Labute approximate surface area is 185 Å². The third kappa shape index (κ3) is 7.52. The van der Waals surface area contributed by atoms with Crippen molar-refractivity contribution in [3.63, 3.8) is 0 Å². The minimum atomic E-state index is -0.0114. The van der Waals surface area contributed by atoms with E-state index >= 15 is 0 Å². The summed E-state index contributed by atoms with van der Waals surface area (Å²) in [5.41, 5.74) is 1.84. The minimum Gasteiger partial charge on any atom is -0.352 e. The molecule has 0 aromatic heterocycles. The Balaban J connectivity index is 0.00000364. The standard InChI is InChI=1S/C20H32N4OS.HI/c1-6-15(2)23-18(25)17-9-7-16(8-10-17)13-22-19(21-5)24-11-12-26-20(3,4)14-24;/h7-10,15H,6,11-14H2,1-5H3,(H,21,22)(H,23,25);1H. The number of nitrogens with zero attached hydrogens (tertiary/aromatic N) is 2. The molecule has 0 bridgehead atoms. The van der Waals surface area contributed by atoms with Crippen LogP contribution in [0.5, 0.6) is 0 Å². The van der Waals surface area contributed by atoms with Gasteiger partial charge in [-0.1, -0.05) is 19.1 Å². The van der Waals surface area contributed by atoms with Gasteiger partial charge >= 0.3 is 0 Å². The lowest BCUT2D eigenvalue weighted by Crippen LogP contribution is -2.50. The summed E-state index contributed by atoms with van der Waals surface area (Å²) in [7, 11) is 1.83. The molecule has 27 heavy (non-hydrogen) atoms. The van der Waals surface area contributed by atoms with E-state index in [1.54, 1.807) is 0 Å². The number of halogens is 1. The van der Waals surface area contributed by atoms with Crippen molar-refractivity contribution in [2.75, 3.05) is 25.9 Å². The zero-order valence-electron chi connectivity index (χ0n) is 17.0. The first kappa shape index (κ1) is 24.1. The summed E-state index contributed by atoms with van der Waals surface area (Å²) in [4.78, 5) is 18.9. The molecule has 1 aliphatic rings. The van der Waals surface area contributed by atoms with Gasteiger partial charge in [-0.3, -0.25) is 9.79 Å². The number of carbonyl (C=O) groups is 1. The van der Waals surface area contributed by atoms with E-state index in [2.05, 4.69) is 41.3 Å². The van der Waals surface area contributed by atoms with Gasteiger partial charge in [0.1, 0.15) is 0 Å². The van der Waals surface area contributed by atoms with Crippen molar-refractivity contribution in [2.45, 2.75) is 51.4 Å². The molecule has 2 N–H and O–H groups in total. The number of rotatable bonds is 5. The first-order valence-corrected chi connectivity index (χ1v) is 10.3. The highest BCUT2D eigenvalue weighted by atomic mass is 127. The van der Waals surface area contributed by atoms with Crippen molar-refractivity contribution in [2.24, 2.45) is 4.99 Å². The molecule has 1 fully saturated rings. The smallest absolute Gasteiger partial charge is 0.251 e. The number of nitrogens with one attached hydrogen (secondary N) is 2. The van der Waals surface area contributed by atoms with Gasteiger partial charge in [-0.05, 0) is 44.9 Å². The normalized spacial score (nSPS) is 17.7. The second-order valence-electron chi connectivity index (χ2n) is 7.41. The van der Waals surface area contributed by atoms with Gasteiger partial charge in [0, 0.05) is 48.8 Å². The number of hydrogen-bond donors (Lipinski definition) is 2. The maximum Gasteiger partial charge on any atom is 0.251 e. The Morgan fingerprint density at radius 3 is 2.56 bits per heavy atom. The Morgan fingerprint density at radius 2 is 2.00 bits per heavy atom. The fourth-order valence-corrected chi connectivity index (χ4v) is 4.01. The maximum atomic E-state index is 12.2. The van der Waals surface area contributed by atoms with Crippen molar-refractivity contribution >= 4 is 47.6 Å². The van der Waals surface area contributed by atoms with Crippen LogP contribution < -0.4 is 10.6 Å². The summed E-state index contributed by atoms with van der Waals surface area (Å²) < 4.78 is 0.251. The van der Waals surface area contributed by atoms with Gasteiger partial charge < -0.3 is 15.5 Å². The van der Waals surface area contributed by atoms with Gasteiger partial charge in [-0.2, -0.15) is 11.8 Å². The predicted octanol–water partition coefficient (Wildman–Crippen LogP) is 3.74. The summed E-state index contributed by atoms with van der Waals surface area (Å²) in [5, 5.41) is 6.44. The molecule has 152 valence electrons. The largest absolute Gasteiger partial charge is 0.352 e. The van der Waals surface area contributed by atoms with Gasteiger partial charge in [0.15, 0.2) is 5.96 Å². The van der Waals surface area contributed by atoms with E-state index in [1.807, 2.05) is 50.0 Å². The lowest BCUT2D eigenvalue weighted by Gasteiger charge is -2.39. The Morgan fingerprint density at radius 1 is 1.33 bits per heavy atom.